The first kappa shape index (κ1) is 18.9. The van der Waals surface area contributed by atoms with Crippen LogP contribution in [0.25, 0.3) is 0 Å². The van der Waals surface area contributed by atoms with Crippen LogP contribution in [-0.4, -0.2) is 45.8 Å². The molecule has 3 amide bonds. The van der Waals surface area contributed by atoms with Gasteiger partial charge >= 0.3 is 6.03 Å². The summed E-state index contributed by atoms with van der Waals surface area (Å²) in [5, 5.41) is 11.8. The van der Waals surface area contributed by atoms with Crippen molar-refractivity contribution in [2.24, 2.45) is 0 Å². The first-order valence-electron chi connectivity index (χ1n) is 8.44. The van der Waals surface area contributed by atoms with Crippen molar-refractivity contribution in [3.05, 3.63) is 41.4 Å². The lowest BCUT2D eigenvalue weighted by Crippen LogP contribution is -2.35. The van der Waals surface area contributed by atoms with Crippen molar-refractivity contribution in [1.82, 2.24) is 9.88 Å². The van der Waals surface area contributed by atoms with Crippen molar-refractivity contribution >= 4 is 40.7 Å². The first-order valence-corrected chi connectivity index (χ1v) is 10.3. The number of likely N-dealkylation sites (N-methyl/N-ethyl adjacent to an activating group) is 1. The minimum atomic E-state index is -0.520. The van der Waals surface area contributed by atoms with E-state index in [-0.39, 0.29) is 11.9 Å². The smallest absolute Gasteiger partial charge is 0.331 e. The molecule has 2 unspecified atom stereocenters. The molecule has 0 bridgehead atoms. The van der Waals surface area contributed by atoms with Crippen LogP contribution in [0, 0.1) is 0 Å². The van der Waals surface area contributed by atoms with Crippen LogP contribution in [0.5, 0.6) is 0 Å². The highest BCUT2D eigenvalue weighted by Gasteiger charge is 2.43. The quantitative estimate of drug-likeness (QED) is 0.577. The van der Waals surface area contributed by atoms with E-state index >= 15 is 0 Å². The largest absolute Gasteiger partial charge is 0.388 e. The fraction of sp³-hybridized carbons (Fsp3) is 0.389. The van der Waals surface area contributed by atoms with Crippen molar-refractivity contribution in [3.8, 4) is 0 Å². The highest BCUT2D eigenvalue weighted by atomic mass is 32.2. The summed E-state index contributed by atoms with van der Waals surface area (Å²) in [5.74, 6) is 0.515. The molecule has 1 aliphatic rings. The van der Waals surface area contributed by atoms with Gasteiger partial charge in [-0.15, -0.1) is 11.3 Å². The van der Waals surface area contributed by atoms with Gasteiger partial charge in [-0.05, 0) is 30.5 Å². The molecule has 2 atom stereocenters. The summed E-state index contributed by atoms with van der Waals surface area (Å²) in [4.78, 5) is 32.0. The molecule has 26 heavy (non-hydrogen) atoms. The maximum absolute atomic E-state index is 12.6. The molecule has 3 rings (SSSR count). The molecule has 1 saturated heterocycles. The van der Waals surface area contributed by atoms with Crippen molar-refractivity contribution in [1.29, 1.82) is 0 Å². The molecule has 8 heteroatoms. The second-order valence-electron chi connectivity index (χ2n) is 6.02. The van der Waals surface area contributed by atoms with Crippen molar-refractivity contribution in [2.75, 3.05) is 17.7 Å². The standard InChI is InChI=1S/C18H21N3O3S2/c1-3-15(22)12-4-6-13(7-5-12)21-14(16(23)20(2)18(21)24)8-10-25-17-19-9-11-26-17/h4-7,9,11,14-15,22H,3,8,10H2,1-2H3. The zero-order chi connectivity index (χ0) is 18.7. The van der Waals surface area contributed by atoms with Gasteiger partial charge in [-0.2, -0.15) is 0 Å². The number of amides is 3. The summed E-state index contributed by atoms with van der Waals surface area (Å²) in [6.07, 6.45) is 2.41. The topological polar surface area (TPSA) is 73.7 Å². The second-order valence-corrected chi connectivity index (χ2v) is 8.25. The van der Waals surface area contributed by atoms with Gasteiger partial charge in [-0.25, -0.2) is 9.78 Å². The minimum absolute atomic E-state index is 0.188. The molecule has 2 aromatic rings. The summed E-state index contributed by atoms with van der Waals surface area (Å²) in [7, 11) is 1.51. The van der Waals surface area contributed by atoms with Crippen molar-refractivity contribution in [3.63, 3.8) is 0 Å². The Kier molecular flexibility index (Phi) is 5.95. The number of imide groups is 1. The first-order chi connectivity index (χ1) is 12.5. The van der Waals surface area contributed by atoms with E-state index in [4.69, 9.17) is 0 Å². The number of thioether (sulfide) groups is 1. The number of aliphatic hydroxyl groups is 1. The van der Waals surface area contributed by atoms with Crippen LogP contribution in [-0.2, 0) is 4.79 Å². The number of hydrogen-bond acceptors (Lipinski definition) is 6. The third-order valence-electron chi connectivity index (χ3n) is 4.39. The maximum atomic E-state index is 12.6. The van der Waals surface area contributed by atoms with E-state index in [9.17, 15) is 14.7 Å². The zero-order valence-corrected chi connectivity index (χ0v) is 16.3. The molecule has 2 heterocycles. The number of carbonyl (C=O) groups is 2. The Hall–Kier alpha value is -1.90. The lowest BCUT2D eigenvalue weighted by atomic mass is 10.1. The van der Waals surface area contributed by atoms with Gasteiger partial charge in [0, 0.05) is 30.1 Å². The molecular weight excluding hydrogens is 370 g/mol. The molecule has 1 fully saturated rings. The van der Waals surface area contributed by atoms with E-state index in [1.54, 1.807) is 58.5 Å². The van der Waals surface area contributed by atoms with Crippen LogP contribution in [0.1, 0.15) is 31.4 Å². The molecule has 0 radical (unpaired) electrons. The van der Waals surface area contributed by atoms with E-state index < -0.39 is 12.1 Å². The predicted octanol–water partition coefficient (Wildman–Crippen LogP) is 3.54. The van der Waals surface area contributed by atoms with Gasteiger partial charge in [0.15, 0.2) is 0 Å². The third-order valence-corrected chi connectivity index (χ3v) is 6.39. The third kappa shape index (κ3) is 3.77. The molecule has 6 nitrogen and oxygen atoms in total. The fourth-order valence-corrected chi connectivity index (χ4v) is 4.60. The van der Waals surface area contributed by atoms with Gasteiger partial charge in [-0.1, -0.05) is 30.8 Å². The number of carbonyl (C=O) groups excluding carboxylic acids is 2. The number of anilines is 1. The molecule has 1 aliphatic heterocycles. The van der Waals surface area contributed by atoms with Crippen LogP contribution in [0.2, 0.25) is 0 Å². The van der Waals surface area contributed by atoms with Crippen LogP contribution in [0.4, 0.5) is 10.5 Å². The maximum Gasteiger partial charge on any atom is 0.331 e. The summed E-state index contributed by atoms with van der Waals surface area (Å²) in [6, 6.07) is 6.37. The van der Waals surface area contributed by atoms with Crippen molar-refractivity contribution in [2.45, 2.75) is 36.3 Å². The van der Waals surface area contributed by atoms with E-state index in [0.29, 0.717) is 24.3 Å². The number of hydrogen-bond donors (Lipinski definition) is 1. The Morgan fingerprint density at radius 2 is 2.04 bits per heavy atom. The summed E-state index contributed by atoms with van der Waals surface area (Å²) in [5.41, 5.74) is 1.47. The Morgan fingerprint density at radius 3 is 2.65 bits per heavy atom. The predicted molar refractivity (Wildman–Crippen MR) is 104 cm³/mol. The van der Waals surface area contributed by atoms with E-state index in [1.807, 2.05) is 12.3 Å². The molecule has 138 valence electrons. The normalized spacial score (nSPS) is 18.7. The van der Waals surface area contributed by atoms with Crippen LogP contribution < -0.4 is 4.90 Å². The van der Waals surface area contributed by atoms with E-state index in [2.05, 4.69) is 4.98 Å². The number of benzene rings is 1. The Bertz CT molecular complexity index is 764. The van der Waals surface area contributed by atoms with Gasteiger partial charge in [0.25, 0.3) is 5.91 Å². The van der Waals surface area contributed by atoms with Crippen LogP contribution in [0.15, 0.2) is 40.2 Å². The van der Waals surface area contributed by atoms with Gasteiger partial charge in [0.2, 0.25) is 0 Å². The number of aliphatic hydroxyl groups excluding tert-OH is 1. The summed E-state index contributed by atoms with van der Waals surface area (Å²) in [6.45, 7) is 1.91. The highest BCUT2D eigenvalue weighted by molar-refractivity contribution is 8.00. The van der Waals surface area contributed by atoms with Crippen LogP contribution >= 0.6 is 23.1 Å². The molecule has 1 aromatic heterocycles. The minimum Gasteiger partial charge on any atom is -0.388 e. The highest BCUT2D eigenvalue weighted by Crippen LogP contribution is 2.30. The number of nitrogens with zero attached hydrogens (tertiary/aromatic N) is 3. The number of aromatic nitrogens is 1. The molecule has 0 aliphatic carbocycles. The zero-order valence-electron chi connectivity index (χ0n) is 14.7. The molecule has 0 saturated carbocycles. The monoisotopic (exact) mass is 391 g/mol. The van der Waals surface area contributed by atoms with Gasteiger partial charge < -0.3 is 5.11 Å². The number of rotatable bonds is 7. The number of thiazole rings is 1. The van der Waals surface area contributed by atoms with Gasteiger partial charge in [-0.3, -0.25) is 14.6 Å². The van der Waals surface area contributed by atoms with E-state index in [0.717, 1.165) is 9.90 Å². The van der Waals surface area contributed by atoms with Gasteiger partial charge in [0.05, 0.1) is 6.10 Å². The second kappa shape index (κ2) is 8.20. The molecular formula is C18H21N3O3S2. The van der Waals surface area contributed by atoms with Crippen LogP contribution in [0.3, 0.4) is 0 Å². The molecule has 1 N–H and O–H groups in total. The average molecular weight is 392 g/mol. The Balaban J connectivity index is 1.75. The Morgan fingerprint density at radius 1 is 1.31 bits per heavy atom. The summed E-state index contributed by atoms with van der Waals surface area (Å²) >= 11 is 3.15. The van der Waals surface area contributed by atoms with Crippen molar-refractivity contribution < 1.29 is 14.7 Å². The SMILES string of the molecule is CCC(O)c1ccc(N2C(=O)N(C)C(=O)C2CCSc2nccs2)cc1. The summed E-state index contributed by atoms with van der Waals surface area (Å²) < 4.78 is 0.958. The number of urea groups is 1. The molecule has 0 spiro atoms. The lowest BCUT2D eigenvalue weighted by Gasteiger charge is -2.22. The fourth-order valence-electron chi connectivity index (χ4n) is 2.90. The van der Waals surface area contributed by atoms with Gasteiger partial charge in [0.1, 0.15) is 10.4 Å². The lowest BCUT2D eigenvalue weighted by molar-refractivity contribution is -0.126. The Labute approximate surface area is 160 Å². The average Bonchev–Trinajstić information content (AvgIpc) is 3.25. The van der Waals surface area contributed by atoms with E-state index in [1.165, 1.54) is 11.9 Å². The molecule has 1 aromatic carbocycles.